The zero-order chi connectivity index (χ0) is 12.4. The molecule has 0 spiro atoms. The molecular formula is C13H14N2OS. The Bertz CT molecular complexity index is 560. The first kappa shape index (κ1) is 11.7. The SMILES string of the molecule is Cc1ccc(NC(=O)c2ccc(N)s2)cc1C. The standard InChI is InChI=1S/C13H14N2OS/c1-8-3-4-10(7-9(8)2)15-13(16)11-5-6-12(14)17-11/h3-7H,14H2,1-2H3,(H,15,16). The molecule has 0 fully saturated rings. The third kappa shape index (κ3) is 2.65. The Labute approximate surface area is 104 Å². The van der Waals surface area contributed by atoms with Gasteiger partial charge in [0.15, 0.2) is 0 Å². The van der Waals surface area contributed by atoms with Crippen molar-refractivity contribution in [2.45, 2.75) is 13.8 Å². The summed E-state index contributed by atoms with van der Waals surface area (Å²) < 4.78 is 0. The first-order valence-electron chi connectivity index (χ1n) is 5.30. The van der Waals surface area contributed by atoms with Gasteiger partial charge >= 0.3 is 0 Å². The molecular weight excluding hydrogens is 232 g/mol. The van der Waals surface area contributed by atoms with Crippen LogP contribution >= 0.6 is 11.3 Å². The number of nitrogens with one attached hydrogen (secondary N) is 1. The smallest absolute Gasteiger partial charge is 0.265 e. The van der Waals surface area contributed by atoms with Crippen molar-refractivity contribution in [3.63, 3.8) is 0 Å². The first-order chi connectivity index (χ1) is 8.06. The maximum atomic E-state index is 11.9. The second kappa shape index (κ2) is 4.59. The van der Waals surface area contributed by atoms with E-state index in [-0.39, 0.29) is 5.91 Å². The lowest BCUT2D eigenvalue weighted by atomic mass is 10.1. The Balaban J connectivity index is 2.15. The Hall–Kier alpha value is -1.81. The maximum Gasteiger partial charge on any atom is 0.265 e. The number of nitrogens with two attached hydrogens (primary N) is 1. The van der Waals surface area contributed by atoms with Gasteiger partial charge in [0.25, 0.3) is 5.91 Å². The third-order valence-corrected chi connectivity index (χ3v) is 3.53. The van der Waals surface area contributed by atoms with Gasteiger partial charge in [0, 0.05) is 5.69 Å². The van der Waals surface area contributed by atoms with Gasteiger partial charge in [0.2, 0.25) is 0 Å². The maximum absolute atomic E-state index is 11.9. The number of carbonyl (C=O) groups excluding carboxylic acids is 1. The summed E-state index contributed by atoms with van der Waals surface area (Å²) in [7, 11) is 0. The minimum Gasteiger partial charge on any atom is -0.391 e. The summed E-state index contributed by atoms with van der Waals surface area (Å²) >= 11 is 1.29. The highest BCUT2D eigenvalue weighted by atomic mass is 32.1. The molecule has 0 saturated heterocycles. The third-order valence-electron chi connectivity index (χ3n) is 2.62. The Morgan fingerprint density at radius 1 is 1.18 bits per heavy atom. The van der Waals surface area contributed by atoms with E-state index in [0.717, 1.165) is 11.3 Å². The molecule has 0 bridgehead atoms. The van der Waals surface area contributed by atoms with Gasteiger partial charge in [-0.2, -0.15) is 0 Å². The number of benzene rings is 1. The minimum absolute atomic E-state index is 0.116. The van der Waals surface area contributed by atoms with Crippen LogP contribution in [0.15, 0.2) is 30.3 Å². The summed E-state index contributed by atoms with van der Waals surface area (Å²) in [6, 6.07) is 9.32. The van der Waals surface area contributed by atoms with E-state index < -0.39 is 0 Å². The van der Waals surface area contributed by atoms with Crippen LogP contribution in [0, 0.1) is 13.8 Å². The lowest BCUT2D eigenvalue weighted by molar-refractivity contribution is 0.103. The van der Waals surface area contributed by atoms with Gasteiger partial charge in [-0.25, -0.2) is 0 Å². The fraction of sp³-hybridized carbons (Fsp3) is 0.154. The van der Waals surface area contributed by atoms with E-state index in [1.165, 1.54) is 16.9 Å². The van der Waals surface area contributed by atoms with E-state index in [0.29, 0.717) is 9.88 Å². The number of anilines is 2. The summed E-state index contributed by atoms with van der Waals surface area (Å²) in [6.45, 7) is 4.06. The molecule has 1 aromatic heterocycles. The molecule has 2 rings (SSSR count). The molecule has 0 aliphatic heterocycles. The molecule has 4 heteroatoms. The largest absolute Gasteiger partial charge is 0.391 e. The van der Waals surface area contributed by atoms with E-state index in [4.69, 9.17) is 5.73 Å². The van der Waals surface area contributed by atoms with E-state index in [9.17, 15) is 4.79 Å². The van der Waals surface area contributed by atoms with E-state index in [1.54, 1.807) is 12.1 Å². The summed E-state index contributed by atoms with van der Waals surface area (Å²) in [5.41, 5.74) is 8.77. The van der Waals surface area contributed by atoms with E-state index in [1.807, 2.05) is 32.0 Å². The molecule has 2 aromatic rings. The average Bonchev–Trinajstić information content (AvgIpc) is 2.70. The van der Waals surface area contributed by atoms with Crippen LogP contribution in [0.25, 0.3) is 0 Å². The molecule has 0 atom stereocenters. The second-order valence-corrected chi connectivity index (χ2v) is 5.07. The molecule has 0 unspecified atom stereocenters. The van der Waals surface area contributed by atoms with Gasteiger partial charge < -0.3 is 11.1 Å². The van der Waals surface area contributed by atoms with Gasteiger partial charge in [-0.3, -0.25) is 4.79 Å². The lowest BCUT2D eigenvalue weighted by Crippen LogP contribution is -2.10. The number of nitrogen functional groups attached to an aromatic ring is 1. The van der Waals surface area contributed by atoms with Gasteiger partial charge in [-0.1, -0.05) is 6.07 Å². The topological polar surface area (TPSA) is 55.1 Å². The normalized spacial score (nSPS) is 10.2. The number of thiophene rings is 1. The average molecular weight is 246 g/mol. The number of amides is 1. The van der Waals surface area contributed by atoms with Crippen molar-refractivity contribution in [3.8, 4) is 0 Å². The molecule has 3 N–H and O–H groups in total. The van der Waals surface area contributed by atoms with Crippen molar-refractivity contribution in [2.24, 2.45) is 0 Å². The van der Waals surface area contributed by atoms with E-state index >= 15 is 0 Å². The van der Waals surface area contributed by atoms with E-state index in [2.05, 4.69) is 5.32 Å². The van der Waals surface area contributed by atoms with Crippen molar-refractivity contribution in [1.29, 1.82) is 0 Å². The molecule has 1 aromatic carbocycles. The Morgan fingerprint density at radius 3 is 2.53 bits per heavy atom. The fourth-order valence-corrected chi connectivity index (χ4v) is 2.16. The summed E-state index contributed by atoms with van der Waals surface area (Å²) in [5.74, 6) is -0.116. The molecule has 1 heterocycles. The van der Waals surface area contributed by atoms with Crippen LogP contribution in [0.5, 0.6) is 0 Å². The number of hydrogen-bond donors (Lipinski definition) is 2. The highest BCUT2D eigenvalue weighted by molar-refractivity contribution is 7.17. The predicted molar refractivity (Wildman–Crippen MR) is 72.6 cm³/mol. The van der Waals surface area contributed by atoms with Crippen molar-refractivity contribution in [1.82, 2.24) is 0 Å². The number of carbonyl (C=O) groups is 1. The number of aryl methyl sites for hydroxylation is 2. The molecule has 17 heavy (non-hydrogen) atoms. The molecule has 1 amide bonds. The Kier molecular flexibility index (Phi) is 3.15. The highest BCUT2D eigenvalue weighted by Gasteiger charge is 2.08. The van der Waals surface area contributed by atoms with Crippen LogP contribution in [0.4, 0.5) is 10.7 Å². The van der Waals surface area contributed by atoms with Gasteiger partial charge in [-0.15, -0.1) is 11.3 Å². The first-order valence-corrected chi connectivity index (χ1v) is 6.12. The zero-order valence-corrected chi connectivity index (χ0v) is 10.6. The van der Waals surface area contributed by atoms with Crippen molar-refractivity contribution < 1.29 is 4.79 Å². The van der Waals surface area contributed by atoms with Crippen molar-refractivity contribution in [3.05, 3.63) is 46.3 Å². The van der Waals surface area contributed by atoms with Crippen LogP contribution in [0.2, 0.25) is 0 Å². The van der Waals surface area contributed by atoms with Gasteiger partial charge in [0.1, 0.15) is 0 Å². The van der Waals surface area contributed by atoms with Crippen LogP contribution < -0.4 is 11.1 Å². The predicted octanol–water partition coefficient (Wildman–Crippen LogP) is 3.20. The molecule has 0 saturated carbocycles. The summed E-state index contributed by atoms with van der Waals surface area (Å²) in [6.07, 6.45) is 0. The molecule has 0 aliphatic rings. The number of hydrogen-bond acceptors (Lipinski definition) is 3. The monoisotopic (exact) mass is 246 g/mol. The van der Waals surface area contributed by atoms with Crippen LogP contribution in [-0.4, -0.2) is 5.91 Å². The Morgan fingerprint density at radius 2 is 1.94 bits per heavy atom. The molecule has 88 valence electrons. The molecule has 3 nitrogen and oxygen atoms in total. The zero-order valence-electron chi connectivity index (χ0n) is 9.78. The van der Waals surface area contributed by atoms with Crippen LogP contribution in [0.1, 0.15) is 20.8 Å². The van der Waals surface area contributed by atoms with Crippen LogP contribution in [0.3, 0.4) is 0 Å². The fourth-order valence-electron chi connectivity index (χ4n) is 1.49. The van der Waals surface area contributed by atoms with Gasteiger partial charge in [-0.05, 0) is 49.2 Å². The van der Waals surface area contributed by atoms with Crippen molar-refractivity contribution >= 4 is 27.9 Å². The highest BCUT2D eigenvalue weighted by Crippen LogP contribution is 2.20. The van der Waals surface area contributed by atoms with Crippen LogP contribution in [-0.2, 0) is 0 Å². The quantitative estimate of drug-likeness (QED) is 0.855. The molecule has 0 radical (unpaired) electrons. The molecule has 0 aliphatic carbocycles. The minimum atomic E-state index is -0.116. The second-order valence-electron chi connectivity index (χ2n) is 3.96. The lowest BCUT2D eigenvalue weighted by Gasteiger charge is -2.06. The van der Waals surface area contributed by atoms with Crippen molar-refractivity contribution in [2.75, 3.05) is 11.1 Å². The number of rotatable bonds is 2. The summed E-state index contributed by atoms with van der Waals surface area (Å²) in [4.78, 5) is 12.5. The van der Waals surface area contributed by atoms with Gasteiger partial charge in [0.05, 0.1) is 9.88 Å². The summed E-state index contributed by atoms with van der Waals surface area (Å²) in [5, 5.41) is 3.50.